The van der Waals surface area contributed by atoms with Gasteiger partial charge in [0.05, 0.1) is 96.4 Å². The number of anilines is 20. The van der Waals surface area contributed by atoms with E-state index in [0.717, 1.165) is 22.7 Å². The quantitative estimate of drug-likeness (QED) is 0.134. The molecule has 4 saturated carbocycles. The average molecular weight is 1370 g/mol. The molecule has 0 N–H and O–H groups in total. The van der Waals surface area contributed by atoms with Crippen molar-refractivity contribution in [1.82, 2.24) is 0 Å². The second kappa shape index (κ2) is 25.7. The summed E-state index contributed by atoms with van der Waals surface area (Å²) in [7, 11) is 0. The first-order valence-electron chi connectivity index (χ1n) is 39.8. The third-order valence-corrected chi connectivity index (χ3v) is 25.5. The molecule has 12 aromatic rings. The first-order chi connectivity index (χ1) is 52.2. The van der Waals surface area contributed by atoms with E-state index >= 15 is 0 Å². The molecule has 5 aliphatic carbocycles. The Bertz CT molecular complexity index is 4530. The highest BCUT2D eigenvalue weighted by Gasteiger charge is 2.49. The van der Waals surface area contributed by atoms with Gasteiger partial charge in [-0.25, -0.2) is 0 Å². The van der Waals surface area contributed by atoms with Crippen LogP contribution in [0, 0.1) is 0 Å². The molecule has 0 radical (unpaired) electrons. The van der Waals surface area contributed by atoms with E-state index in [1.165, 1.54) is 253 Å². The zero-order valence-electron chi connectivity index (χ0n) is 60.1. The smallest absolute Gasteiger partial charge is 0.0716 e. The van der Waals surface area contributed by atoms with Crippen molar-refractivity contribution >= 4 is 114 Å². The highest BCUT2D eigenvalue weighted by atomic mass is 15.3. The molecule has 21 rings (SSSR count). The SMILES string of the molecule is c1ccc2c(c1)-c1ccccc1C2(c1cc(N2c3ccccc3N(C3CCCCC3)c3ccccc32)cc(N2c3ccccc3N(C3CCCCC3)c3ccccc32)c1)c1cc(N2c3ccccc3N(C3CCCCC3)c3ccccc32)cc(N2c3ccccc3N(C3CCCCC3)c3ccccc32)c1. The van der Waals surface area contributed by atoms with Crippen LogP contribution in [0.1, 0.15) is 151 Å². The summed E-state index contributed by atoms with van der Waals surface area (Å²) in [4.78, 5) is 21.5. The Balaban J connectivity index is 0.877. The van der Waals surface area contributed by atoms with Crippen LogP contribution < -0.4 is 39.2 Å². The van der Waals surface area contributed by atoms with E-state index in [9.17, 15) is 0 Å². The molecule has 4 aliphatic heterocycles. The normalized spacial score (nSPS) is 18.2. The number of hydrogen-bond acceptors (Lipinski definition) is 8. The molecule has 12 aromatic carbocycles. The van der Waals surface area contributed by atoms with Crippen LogP contribution in [0.15, 0.2) is 279 Å². The van der Waals surface area contributed by atoms with Crippen molar-refractivity contribution < 1.29 is 0 Å². The van der Waals surface area contributed by atoms with Crippen molar-refractivity contribution in [2.45, 2.75) is 158 Å². The predicted molar refractivity (Wildman–Crippen MR) is 439 cm³/mol. The van der Waals surface area contributed by atoms with Gasteiger partial charge in [0.15, 0.2) is 0 Å². The largest absolute Gasteiger partial charge is 0.335 e. The topological polar surface area (TPSA) is 25.9 Å². The monoisotopic (exact) mass is 1370 g/mol. The Labute approximate surface area is 619 Å². The Morgan fingerprint density at radius 2 is 0.371 bits per heavy atom. The molecule has 9 aliphatic rings. The van der Waals surface area contributed by atoms with E-state index in [0.29, 0.717) is 24.2 Å². The minimum atomic E-state index is -0.930. The summed E-state index contributed by atoms with van der Waals surface area (Å²) in [6, 6.07) is 111. The highest BCUT2D eigenvalue weighted by molar-refractivity contribution is 6.05. The molecule has 0 atom stereocenters. The van der Waals surface area contributed by atoms with E-state index < -0.39 is 5.41 Å². The summed E-state index contributed by atoms with van der Waals surface area (Å²) in [6.07, 6.45) is 24.6. The molecule has 0 saturated heterocycles. The Morgan fingerprint density at radius 1 is 0.190 bits per heavy atom. The molecule has 8 nitrogen and oxygen atoms in total. The minimum Gasteiger partial charge on any atom is -0.335 e. The molecule has 0 bridgehead atoms. The van der Waals surface area contributed by atoms with Crippen molar-refractivity contribution in [2.24, 2.45) is 0 Å². The first kappa shape index (κ1) is 62.6. The second-order valence-electron chi connectivity index (χ2n) is 31.2. The minimum absolute atomic E-state index is 0.401. The van der Waals surface area contributed by atoms with E-state index in [-0.39, 0.29) is 0 Å². The van der Waals surface area contributed by atoms with Gasteiger partial charge in [-0.1, -0.05) is 223 Å². The van der Waals surface area contributed by atoms with Crippen LogP contribution in [0.5, 0.6) is 0 Å². The van der Waals surface area contributed by atoms with Crippen molar-refractivity contribution in [1.29, 1.82) is 0 Å². The molecular weight excluding hydrogens is 1280 g/mol. The molecule has 4 fully saturated rings. The van der Waals surface area contributed by atoms with E-state index in [2.05, 4.69) is 318 Å². The number of nitrogens with zero attached hydrogens (tertiary/aromatic N) is 8. The first-order valence-corrected chi connectivity index (χ1v) is 39.8. The molecule has 0 amide bonds. The maximum atomic E-state index is 2.73. The molecule has 518 valence electrons. The number of hydrogen-bond donors (Lipinski definition) is 0. The summed E-state index contributed by atoms with van der Waals surface area (Å²) in [5.41, 5.74) is 30.8. The highest BCUT2D eigenvalue weighted by Crippen LogP contribution is 2.64. The van der Waals surface area contributed by atoms with Gasteiger partial charge >= 0.3 is 0 Å². The van der Waals surface area contributed by atoms with Gasteiger partial charge in [-0.3, -0.25) is 0 Å². The van der Waals surface area contributed by atoms with Gasteiger partial charge in [-0.05, 0) is 218 Å². The van der Waals surface area contributed by atoms with Crippen molar-refractivity contribution in [3.05, 3.63) is 301 Å². The van der Waals surface area contributed by atoms with Gasteiger partial charge in [-0.15, -0.1) is 0 Å². The fraction of sp³-hybridized carbons (Fsp3) is 0.258. The Hall–Kier alpha value is -11.0. The Kier molecular flexibility index (Phi) is 15.3. The summed E-state index contributed by atoms with van der Waals surface area (Å²) < 4.78 is 0. The van der Waals surface area contributed by atoms with Crippen LogP contribution in [0.3, 0.4) is 0 Å². The van der Waals surface area contributed by atoms with Gasteiger partial charge in [0.1, 0.15) is 0 Å². The van der Waals surface area contributed by atoms with Gasteiger partial charge in [0.2, 0.25) is 0 Å². The number of benzene rings is 12. The molecule has 4 heterocycles. The van der Waals surface area contributed by atoms with Crippen LogP contribution in [0.4, 0.5) is 114 Å². The lowest BCUT2D eigenvalue weighted by molar-refractivity contribution is 0.435. The number of rotatable bonds is 10. The number of para-hydroxylation sites is 16. The molecule has 0 aromatic heterocycles. The fourth-order valence-corrected chi connectivity index (χ4v) is 21.1. The molecular formula is C97H90N8. The molecule has 105 heavy (non-hydrogen) atoms. The predicted octanol–water partition coefficient (Wildman–Crippen LogP) is 27.1. The maximum Gasteiger partial charge on any atom is 0.0716 e. The van der Waals surface area contributed by atoms with Gasteiger partial charge in [0, 0.05) is 46.9 Å². The van der Waals surface area contributed by atoms with Crippen molar-refractivity contribution in [3.8, 4) is 11.1 Å². The molecule has 0 spiro atoms. The lowest BCUT2D eigenvalue weighted by atomic mass is 9.67. The zero-order chi connectivity index (χ0) is 69.1. The number of fused-ring (bicyclic) bond motifs is 11. The summed E-state index contributed by atoms with van der Waals surface area (Å²) in [5.74, 6) is 0. The summed E-state index contributed by atoms with van der Waals surface area (Å²) in [6.45, 7) is 0. The van der Waals surface area contributed by atoms with Crippen LogP contribution in [0.25, 0.3) is 11.1 Å². The van der Waals surface area contributed by atoms with Crippen LogP contribution in [-0.2, 0) is 5.41 Å². The van der Waals surface area contributed by atoms with E-state index in [1.54, 1.807) is 0 Å². The third kappa shape index (κ3) is 9.90. The van der Waals surface area contributed by atoms with Gasteiger partial charge < -0.3 is 39.2 Å². The lowest BCUT2D eigenvalue weighted by Gasteiger charge is -2.47. The Morgan fingerprint density at radius 3 is 0.581 bits per heavy atom. The van der Waals surface area contributed by atoms with Crippen molar-refractivity contribution in [2.75, 3.05) is 39.2 Å². The summed E-state index contributed by atoms with van der Waals surface area (Å²) >= 11 is 0. The standard InChI is InChI=1S/C97H90N8/c1-5-33-69(34-6-1)98-81-45-17-25-53-89(81)102(90-54-26-18-46-82(90)98)73-61-67(62-74(65-73)103-91-55-27-19-47-83(91)99(70-35-7-2-8-36-70)84-48-20-28-56-92(84)103)97(79-43-15-13-41-77(79)78-42-14-16-44-80(78)97)68-63-75(104-93-57-29-21-49-85(93)100(71-37-9-3-10-38-71)86-50-22-30-58-94(86)104)66-76(64-68)105-95-59-31-23-51-87(95)101(72-39-11-4-12-40-72)88-52-24-32-60-96(88)105/h13-32,41-66,69-72H,1-12,33-40H2. The van der Waals surface area contributed by atoms with Gasteiger partial charge in [0.25, 0.3) is 0 Å². The van der Waals surface area contributed by atoms with Crippen LogP contribution in [0.2, 0.25) is 0 Å². The van der Waals surface area contributed by atoms with Crippen LogP contribution >= 0.6 is 0 Å². The van der Waals surface area contributed by atoms with Crippen LogP contribution in [-0.4, -0.2) is 24.2 Å². The molecule has 0 unspecified atom stereocenters. The van der Waals surface area contributed by atoms with Gasteiger partial charge in [-0.2, -0.15) is 0 Å². The third-order valence-electron chi connectivity index (χ3n) is 25.5. The van der Waals surface area contributed by atoms with Crippen molar-refractivity contribution in [3.63, 3.8) is 0 Å². The fourth-order valence-electron chi connectivity index (χ4n) is 21.1. The van der Waals surface area contributed by atoms with E-state index in [4.69, 9.17) is 0 Å². The second-order valence-corrected chi connectivity index (χ2v) is 31.2. The zero-order valence-corrected chi connectivity index (χ0v) is 60.1. The average Bonchev–Trinajstić information content (AvgIpc) is 1.52. The molecule has 8 heteroatoms. The maximum absolute atomic E-state index is 2.73. The summed E-state index contributed by atoms with van der Waals surface area (Å²) in [5, 5.41) is 0. The van der Waals surface area contributed by atoms with E-state index in [1.807, 2.05) is 0 Å². The lowest BCUT2D eigenvalue weighted by Crippen LogP contribution is -2.38.